The molecule has 1 aliphatic heterocycles. The molecule has 3 heterocycles. The number of fused-ring (bicyclic) bond motifs is 1. The molecule has 40 heavy (non-hydrogen) atoms. The minimum Gasteiger partial charge on any atom is -0.311 e. The summed E-state index contributed by atoms with van der Waals surface area (Å²) in [7, 11) is 0. The van der Waals surface area contributed by atoms with Gasteiger partial charge in [-0.15, -0.1) is 0 Å². The molecular weight excluding hydrogens is 557 g/mol. The van der Waals surface area contributed by atoms with Crippen molar-refractivity contribution in [3.05, 3.63) is 90.1 Å². The van der Waals surface area contributed by atoms with Crippen molar-refractivity contribution >= 4 is 84.9 Å². The topological polar surface area (TPSA) is 74.6 Å². The average Bonchev–Trinajstić information content (AvgIpc) is 3.56. The molecule has 198 valence electrons. The fraction of sp³-hybridized carbons (Fsp3) is 0.133. The van der Waals surface area contributed by atoms with Crippen molar-refractivity contribution in [1.29, 1.82) is 0 Å². The van der Waals surface area contributed by atoms with Gasteiger partial charge in [-0.05, 0) is 74.5 Å². The standard InChI is InChI=1S/C30H24N6OS3/c1-4-35-29(37)28(39-30(35)38)32-27-26-25(33-40-34-26)24(17-31-27)20-9-15-23(16-10-20)36(21-11-5-18(2)6-12-21)22-13-7-19(3)8-14-22/h5-17H,4H2,1-3H3. The molecule has 10 heteroatoms. The number of thiocarbonyl (C=S) groups is 1. The minimum absolute atomic E-state index is 0.206. The number of pyridine rings is 1. The Morgan fingerprint density at radius 1 is 0.850 bits per heavy atom. The van der Waals surface area contributed by atoms with E-state index in [9.17, 15) is 4.79 Å². The van der Waals surface area contributed by atoms with E-state index in [1.165, 1.54) is 27.8 Å². The highest BCUT2D eigenvalue weighted by atomic mass is 32.2. The smallest absolute Gasteiger partial charge is 0.285 e. The Balaban J connectivity index is 1.36. The molecule has 3 aromatic carbocycles. The first-order valence-electron chi connectivity index (χ1n) is 12.7. The van der Waals surface area contributed by atoms with E-state index in [2.05, 4.69) is 110 Å². The maximum absolute atomic E-state index is 12.7. The summed E-state index contributed by atoms with van der Waals surface area (Å²) in [5.41, 5.74) is 8.71. The number of benzene rings is 3. The predicted octanol–water partition coefficient (Wildman–Crippen LogP) is 7.75. The van der Waals surface area contributed by atoms with Gasteiger partial charge >= 0.3 is 0 Å². The molecule has 1 amide bonds. The van der Waals surface area contributed by atoms with Crippen molar-refractivity contribution in [1.82, 2.24) is 18.6 Å². The predicted molar refractivity (Wildman–Crippen MR) is 169 cm³/mol. The van der Waals surface area contributed by atoms with E-state index in [-0.39, 0.29) is 5.91 Å². The average molecular weight is 581 g/mol. The van der Waals surface area contributed by atoms with Gasteiger partial charge in [-0.1, -0.05) is 59.7 Å². The zero-order chi connectivity index (χ0) is 27.8. The Morgan fingerprint density at radius 3 is 1.95 bits per heavy atom. The van der Waals surface area contributed by atoms with E-state index < -0.39 is 0 Å². The quantitative estimate of drug-likeness (QED) is 0.190. The number of thioether (sulfide) groups is 1. The molecule has 0 radical (unpaired) electrons. The molecule has 7 nitrogen and oxygen atoms in total. The molecule has 0 bridgehead atoms. The molecule has 0 spiro atoms. The lowest BCUT2D eigenvalue weighted by atomic mass is 10.0. The van der Waals surface area contributed by atoms with Crippen molar-refractivity contribution in [2.45, 2.75) is 20.8 Å². The van der Waals surface area contributed by atoms with E-state index in [0.29, 0.717) is 32.8 Å². The molecular formula is C30H24N6OS3. The highest BCUT2D eigenvalue weighted by Gasteiger charge is 2.33. The molecule has 0 unspecified atom stereocenters. The lowest BCUT2D eigenvalue weighted by Gasteiger charge is -2.26. The Hall–Kier alpha value is -3.99. The number of anilines is 3. The molecule has 0 N–H and O–H groups in total. The lowest BCUT2D eigenvalue weighted by molar-refractivity contribution is -0.119. The van der Waals surface area contributed by atoms with E-state index in [1.54, 1.807) is 6.20 Å². The van der Waals surface area contributed by atoms with Gasteiger partial charge in [-0.2, -0.15) is 8.75 Å². The van der Waals surface area contributed by atoms with Gasteiger partial charge in [-0.3, -0.25) is 9.69 Å². The summed E-state index contributed by atoms with van der Waals surface area (Å²) in [5, 5.41) is 0.304. The number of aliphatic imine (C=N–C) groups is 1. The van der Waals surface area contributed by atoms with Crippen LogP contribution in [0.2, 0.25) is 0 Å². The van der Waals surface area contributed by atoms with E-state index in [1.807, 2.05) is 6.92 Å². The first kappa shape index (κ1) is 26.2. The van der Waals surface area contributed by atoms with Gasteiger partial charge < -0.3 is 4.90 Å². The number of aryl methyl sites for hydroxylation is 2. The molecule has 2 aromatic heterocycles. The SMILES string of the molecule is CCN1C(=O)C(=Nc2ncc(-c3ccc(N(c4ccc(C)cc4)c4ccc(C)cc4)cc3)c3nsnc23)SC1=S. The van der Waals surface area contributed by atoms with Gasteiger partial charge in [0.05, 0.1) is 11.7 Å². The summed E-state index contributed by atoms with van der Waals surface area (Å²) >= 11 is 7.60. The Labute approximate surface area is 245 Å². The van der Waals surface area contributed by atoms with Crippen LogP contribution >= 0.6 is 35.7 Å². The van der Waals surface area contributed by atoms with Crippen LogP contribution in [0.3, 0.4) is 0 Å². The molecule has 1 fully saturated rings. The van der Waals surface area contributed by atoms with Crippen LogP contribution in [0, 0.1) is 13.8 Å². The number of hydrogen-bond acceptors (Lipinski definition) is 9. The number of carbonyl (C=O) groups excluding carboxylic acids is 1. The van der Waals surface area contributed by atoms with Gasteiger partial charge in [0.2, 0.25) is 0 Å². The van der Waals surface area contributed by atoms with Crippen molar-refractivity contribution in [3.63, 3.8) is 0 Å². The summed E-state index contributed by atoms with van der Waals surface area (Å²) in [6.45, 7) is 6.57. The summed E-state index contributed by atoms with van der Waals surface area (Å²) in [6.07, 6.45) is 1.75. The normalized spacial score (nSPS) is 14.5. The summed E-state index contributed by atoms with van der Waals surface area (Å²) in [5.74, 6) is 0.160. The lowest BCUT2D eigenvalue weighted by Crippen LogP contribution is -2.29. The molecule has 1 saturated heterocycles. The third-order valence-corrected chi connectivity index (χ3v) is 8.50. The zero-order valence-corrected chi connectivity index (χ0v) is 24.5. The zero-order valence-electron chi connectivity index (χ0n) is 22.0. The van der Waals surface area contributed by atoms with Crippen LogP contribution in [0.15, 0.2) is 84.0 Å². The van der Waals surface area contributed by atoms with Crippen LogP contribution in [0.25, 0.3) is 22.2 Å². The summed E-state index contributed by atoms with van der Waals surface area (Å²) in [6, 6.07) is 25.4. The molecule has 1 aliphatic rings. The van der Waals surface area contributed by atoms with Crippen LogP contribution in [0.4, 0.5) is 22.9 Å². The number of amides is 1. The number of carbonyl (C=O) groups is 1. The highest BCUT2D eigenvalue weighted by Crippen LogP contribution is 2.38. The second kappa shape index (κ2) is 10.9. The third-order valence-electron chi connectivity index (χ3n) is 6.65. The maximum atomic E-state index is 12.7. The van der Waals surface area contributed by atoms with Crippen molar-refractivity contribution in [3.8, 4) is 11.1 Å². The Kier molecular flexibility index (Phi) is 7.14. The van der Waals surface area contributed by atoms with E-state index in [0.717, 1.165) is 39.9 Å². The Bertz CT molecular complexity index is 1720. The van der Waals surface area contributed by atoms with Crippen LogP contribution in [0.5, 0.6) is 0 Å². The molecule has 0 atom stereocenters. The van der Waals surface area contributed by atoms with Crippen LogP contribution < -0.4 is 4.90 Å². The van der Waals surface area contributed by atoms with Crippen molar-refractivity contribution in [2.75, 3.05) is 11.4 Å². The number of aromatic nitrogens is 3. The summed E-state index contributed by atoms with van der Waals surface area (Å²) < 4.78 is 9.50. The van der Waals surface area contributed by atoms with Crippen molar-refractivity contribution in [2.24, 2.45) is 4.99 Å². The second-order valence-corrected chi connectivity index (χ2v) is 11.5. The number of nitrogens with zero attached hydrogens (tertiary/aromatic N) is 6. The van der Waals surface area contributed by atoms with Gasteiger partial charge in [0.15, 0.2) is 10.9 Å². The van der Waals surface area contributed by atoms with Gasteiger partial charge in [0.1, 0.15) is 15.4 Å². The fourth-order valence-corrected chi connectivity index (χ4v) is 6.32. The van der Waals surface area contributed by atoms with E-state index in [4.69, 9.17) is 12.2 Å². The minimum atomic E-state index is -0.206. The van der Waals surface area contributed by atoms with Crippen molar-refractivity contribution < 1.29 is 4.79 Å². The molecule has 0 saturated carbocycles. The first-order valence-corrected chi connectivity index (χ1v) is 14.7. The molecule has 5 aromatic rings. The third kappa shape index (κ3) is 4.90. The van der Waals surface area contributed by atoms with Crippen LogP contribution in [-0.4, -0.2) is 40.4 Å². The van der Waals surface area contributed by atoms with E-state index >= 15 is 0 Å². The number of hydrogen-bond donors (Lipinski definition) is 0. The highest BCUT2D eigenvalue weighted by molar-refractivity contribution is 8.35. The second-order valence-electron chi connectivity index (χ2n) is 9.34. The van der Waals surface area contributed by atoms with Gasteiger partial charge in [-0.25, -0.2) is 9.98 Å². The molecule has 6 rings (SSSR count). The monoisotopic (exact) mass is 580 g/mol. The first-order chi connectivity index (χ1) is 19.4. The van der Waals surface area contributed by atoms with Gasteiger partial charge in [0, 0.05) is 35.4 Å². The number of rotatable bonds is 6. The maximum Gasteiger partial charge on any atom is 0.285 e. The summed E-state index contributed by atoms with van der Waals surface area (Å²) in [4.78, 5) is 25.5. The Morgan fingerprint density at radius 2 is 1.40 bits per heavy atom. The molecule has 0 aliphatic carbocycles. The largest absolute Gasteiger partial charge is 0.311 e. The van der Waals surface area contributed by atoms with Crippen LogP contribution in [0.1, 0.15) is 18.1 Å². The fourth-order valence-electron chi connectivity index (χ4n) is 4.50. The van der Waals surface area contributed by atoms with Gasteiger partial charge in [0.25, 0.3) is 5.91 Å². The van der Waals surface area contributed by atoms with Crippen LogP contribution in [-0.2, 0) is 4.79 Å².